The highest BCUT2D eigenvalue weighted by molar-refractivity contribution is 8.03. The number of nitrogens with zero attached hydrogens (tertiary/aromatic N) is 2. The van der Waals surface area contributed by atoms with E-state index < -0.39 is 5.54 Å². The molecule has 0 saturated heterocycles. The van der Waals surface area contributed by atoms with Crippen LogP contribution in [0.5, 0.6) is 0 Å². The number of rotatable bonds is 2. The zero-order chi connectivity index (χ0) is 15.2. The third kappa shape index (κ3) is 2.72. The van der Waals surface area contributed by atoms with Crippen molar-refractivity contribution in [3.05, 3.63) is 26.8 Å². The second-order valence-corrected chi connectivity index (χ2v) is 8.32. The molecule has 3 heterocycles. The van der Waals surface area contributed by atoms with Gasteiger partial charge in [0.05, 0.1) is 16.3 Å². The van der Waals surface area contributed by atoms with E-state index in [1.165, 1.54) is 15.4 Å². The molecule has 2 N–H and O–H groups in total. The van der Waals surface area contributed by atoms with Crippen LogP contribution in [-0.4, -0.2) is 34.6 Å². The van der Waals surface area contributed by atoms with Crippen molar-refractivity contribution in [2.45, 2.75) is 30.6 Å². The maximum absolute atomic E-state index is 12.1. The third-order valence-electron chi connectivity index (χ3n) is 3.96. The van der Waals surface area contributed by atoms with Crippen LogP contribution in [0.2, 0.25) is 4.34 Å². The summed E-state index contributed by atoms with van der Waals surface area (Å²) in [5.74, 6) is 0.334. The number of halogens is 1. The summed E-state index contributed by atoms with van der Waals surface area (Å²) in [6.07, 6.45) is 1.28. The van der Waals surface area contributed by atoms with Crippen LogP contribution in [0.4, 0.5) is 0 Å². The van der Waals surface area contributed by atoms with E-state index in [0.29, 0.717) is 12.4 Å². The zero-order valence-electron chi connectivity index (χ0n) is 11.8. The van der Waals surface area contributed by atoms with Gasteiger partial charge in [-0.05, 0) is 36.5 Å². The average molecular weight is 342 g/mol. The maximum Gasteiger partial charge on any atom is 0.231 e. The molecule has 0 aromatic carbocycles. The van der Waals surface area contributed by atoms with Crippen molar-refractivity contribution >= 4 is 52.1 Å². The van der Waals surface area contributed by atoms with Crippen LogP contribution in [-0.2, 0) is 4.79 Å². The molecule has 21 heavy (non-hydrogen) atoms. The molecule has 0 spiro atoms. The second kappa shape index (κ2) is 5.34. The minimum Gasteiger partial charge on any atom is -0.369 e. The van der Waals surface area contributed by atoms with Gasteiger partial charge in [0, 0.05) is 17.2 Å². The molecular weight excluding hydrogens is 326 g/mol. The summed E-state index contributed by atoms with van der Waals surface area (Å²) in [4.78, 5) is 19.3. The first-order chi connectivity index (χ1) is 9.89. The van der Waals surface area contributed by atoms with E-state index in [1.807, 2.05) is 19.1 Å². The Kier molecular flexibility index (Phi) is 3.80. The molecule has 4 nitrogen and oxygen atoms in total. The Morgan fingerprint density at radius 3 is 2.90 bits per heavy atom. The predicted octanol–water partition coefficient (Wildman–Crippen LogP) is 3.18. The molecule has 0 radical (unpaired) electrons. The maximum atomic E-state index is 12.1. The molecular formula is C14H16ClN3OS2. The topological polar surface area (TPSA) is 58.7 Å². The number of carbonyl (C=O) groups excluding carboxylic acids is 1. The van der Waals surface area contributed by atoms with Gasteiger partial charge in [0.2, 0.25) is 5.91 Å². The second-order valence-electron chi connectivity index (χ2n) is 5.53. The number of thioether (sulfide) groups is 1. The van der Waals surface area contributed by atoms with Crippen molar-refractivity contribution in [1.82, 2.24) is 4.90 Å². The molecule has 3 rings (SSSR count). The Labute approximate surface area is 137 Å². The van der Waals surface area contributed by atoms with Crippen molar-refractivity contribution in [3.8, 4) is 0 Å². The van der Waals surface area contributed by atoms with Gasteiger partial charge in [-0.1, -0.05) is 11.6 Å². The lowest BCUT2D eigenvalue weighted by Crippen LogP contribution is -2.51. The van der Waals surface area contributed by atoms with Crippen LogP contribution in [0.15, 0.2) is 22.5 Å². The van der Waals surface area contributed by atoms with Gasteiger partial charge < -0.3 is 5.73 Å². The Bertz CT molecular complexity index is 654. The summed E-state index contributed by atoms with van der Waals surface area (Å²) in [5.41, 5.74) is 6.69. The van der Waals surface area contributed by atoms with Crippen LogP contribution < -0.4 is 5.73 Å². The van der Waals surface area contributed by atoms with Gasteiger partial charge in [0.1, 0.15) is 0 Å². The summed E-state index contributed by atoms with van der Waals surface area (Å²) >= 11 is 9.32. The fourth-order valence-electron chi connectivity index (χ4n) is 2.59. The van der Waals surface area contributed by atoms with Crippen LogP contribution in [0.25, 0.3) is 5.57 Å². The van der Waals surface area contributed by atoms with Gasteiger partial charge in [-0.15, -0.1) is 23.1 Å². The molecule has 2 aliphatic heterocycles. The molecule has 0 bridgehead atoms. The van der Waals surface area contributed by atoms with Crippen molar-refractivity contribution in [1.29, 1.82) is 0 Å². The molecule has 2 aliphatic rings. The number of hydrogen-bond donors (Lipinski definition) is 1. The van der Waals surface area contributed by atoms with Gasteiger partial charge in [0.25, 0.3) is 0 Å². The minimum atomic E-state index is -0.447. The summed E-state index contributed by atoms with van der Waals surface area (Å²) in [6, 6.07) is 3.96. The normalized spacial score (nSPS) is 29.6. The van der Waals surface area contributed by atoms with E-state index in [9.17, 15) is 4.79 Å². The zero-order valence-corrected chi connectivity index (χ0v) is 14.2. The van der Waals surface area contributed by atoms with Gasteiger partial charge in [0.15, 0.2) is 5.96 Å². The number of thiophene rings is 1. The Morgan fingerprint density at radius 2 is 2.29 bits per heavy atom. The highest BCUT2D eigenvalue weighted by atomic mass is 35.5. The quantitative estimate of drug-likeness (QED) is 0.898. The Hall–Kier alpha value is -0.980. The lowest BCUT2D eigenvalue weighted by molar-refractivity contribution is -0.128. The van der Waals surface area contributed by atoms with Crippen LogP contribution in [0.1, 0.15) is 24.6 Å². The predicted molar refractivity (Wildman–Crippen MR) is 90.7 cm³/mol. The first-order valence-corrected chi connectivity index (χ1v) is 8.75. The van der Waals surface area contributed by atoms with Crippen molar-refractivity contribution < 1.29 is 4.79 Å². The number of nitrogens with two attached hydrogens (primary N) is 1. The monoisotopic (exact) mass is 341 g/mol. The van der Waals surface area contributed by atoms with Gasteiger partial charge >= 0.3 is 0 Å². The van der Waals surface area contributed by atoms with Crippen molar-refractivity contribution in [2.75, 3.05) is 7.05 Å². The minimum absolute atomic E-state index is 0.0261. The molecule has 1 aromatic heterocycles. The lowest BCUT2D eigenvalue weighted by Gasteiger charge is -2.37. The number of allylic oxidation sites excluding steroid dienone is 1. The van der Waals surface area contributed by atoms with E-state index in [1.54, 1.807) is 30.1 Å². The molecule has 1 aromatic rings. The average Bonchev–Trinajstić information content (AvgIpc) is 3.04. The van der Waals surface area contributed by atoms with E-state index in [-0.39, 0.29) is 11.2 Å². The number of guanidine groups is 1. The van der Waals surface area contributed by atoms with E-state index >= 15 is 0 Å². The van der Waals surface area contributed by atoms with Crippen LogP contribution in [0.3, 0.4) is 0 Å². The fourth-order valence-corrected chi connectivity index (χ4v) is 4.99. The molecule has 112 valence electrons. The summed E-state index contributed by atoms with van der Waals surface area (Å²) in [5, 5.41) is 2.39. The third-order valence-corrected chi connectivity index (χ3v) is 6.69. The van der Waals surface area contributed by atoms with Gasteiger partial charge in [-0.2, -0.15) is 0 Å². The Balaban J connectivity index is 1.80. The van der Waals surface area contributed by atoms with E-state index in [0.717, 1.165) is 10.8 Å². The first kappa shape index (κ1) is 14.9. The molecule has 0 fully saturated rings. The number of amides is 1. The summed E-state index contributed by atoms with van der Waals surface area (Å²) in [6.45, 7) is 2.01. The molecule has 1 amide bonds. The number of hydrogen-bond acceptors (Lipinski definition) is 5. The van der Waals surface area contributed by atoms with E-state index in [4.69, 9.17) is 17.3 Å². The summed E-state index contributed by atoms with van der Waals surface area (Å²) < 4.78 is 0.794. The molecule has 7 heteroatoms. The lowest BCUT2D eigenvalue weighted by atomic mass is 9.88. The molecule has 0 saturated carbocycles. The van der Waals surface area contributed by atoms with Gasteiger partial charge in [-0.25, -0.2) is 4.99 Å². The molecule has 1 unspecified atom stereocenters. The molecule has 2 atom stereocenters. The van der Waals surface area contributed by atoms with Crippen molar-refractivity contribution in [3.63, 3.8) is 0 Å². The smallest absolute Gasteiger partial charge is 0.231 e. The number of carbonyl (C=O) groups is 1. The Morgan fingerprint density at radius 1 is 1.52 bits per heavy atom. The fraction of sp³-hybridized carbons (Fsp3) is 0.429. The highest BCUT2D eigenvalue weighted by Gasteiger charge is 2.43. The van der Waals surface area contributed by atoms with Gasteiger partial charge in [-0.3, -0.25) is 9.69 Å². The van der Waals surface area contributed by atoms with Crippen molar-refractivity contribution in [2.24, 2.45) is 10.7 Å². The highest BCUT2D eigenvalue weighted by Crippen LogP contribution is 2.46. The van der Waals surface area contributed by atoms with Crippen LogP contribution >= 0.6 is 34.7 Å². The van der Waals surface area contributed by atoms with E-state index in [2.05, 4.69) is 10.4 Å². The SMILES string of the molecule is CN1C(=O)C[C@@](C)(C2CC(c3ccc(Cl)s3)=CS2)N=C1N. The summed E-state index contributed by atoms with van der Waals surface area (Å²) in [7, 11) is 1.67. The standard InChI is InChI=1S/C14H16ClN3OS2/c1-14(6-12(19)18(2)13(16)17-14)10-5-8(7-20-10)9-3-4-11(15)21-9/h3-4,7,10H,5-6H2,1-2H3,(H2,16,17)/t10?,14-/m0/s1. The molecule has 0 aliphatic carbocycles. The number of aliphatic imine (C=N–C) groups is 1. The first-order valence-electron chi connectivity index (χ1n) is 6.61. The van der Waals surface area contributed by atoms with Crippen LogP contribution in [0, 0.1) is 0 Å². The largest absolute Gasteiger partial charge is 0.369 e.